The molecule has 12 heteroatoms. The van der Waals surface area contributed by atoms with Gasteiger partial charge in [-0.15, -0.1) is 0 Å². The van der Waals surface area contributed by atoms with Gasteiger partial charge in [0, 0.05) is 42.2 Å². The Labute approximate surface area is 210 Å². The minimum atomic E-state index is -1.54. The molecule has 0 bridgehead atoms. The average Bonchev–Trinajstić information content (AvgIpc) is 3.17. The van der Waals surface area contributed by atoms with E-state index in [9.17, 15) is 19.8 Å². The Kier molecular flexibility index (Phi) is 6.52. The van der Waals surface area contributed by atoms with E-state index in [-0.39, 0.29) is 18.9 Å². The summed E-state index contributed by atoms with van der Waals surface area (Å²) in [6.45, 7) is 1.38. The van der Waals surface area contributed by atoms with Gasteiger partial charge in [0.2, 0.25) is 5.95 Å². The molecule has 35 heavy (non-hydrogen) atoms. The van der Waals surface area contributed by atoms with Gasteiger partial charge in [-0.1, -0.05) is 29.3 Å². The van der Waals surface area contributed by atoms with Crippen LogP contribution in [0.5, 0.6) is 11.5 Å². The number of methoxy groups -OCH3 is 2. The number of rotatable bonds is 6. The van der Waals surface area contributed by atoms with Crippen molar-refractivity contribution in [3.8, 4) is 22.6 Å². The first-order valence-electron chi connectivity index (χ1n) is 10.5. The molecule has 1 fully saturated rings. The van der Waals surface area contributed by atoms with Crippen LogP contribution in [0.15, 0.2) is 30.5 Å². The predicted octanol–water partition coefficient (Wildman–Crippen LogP) is 4.63. The van der Waals surface area contributed by atoms with E-state index in [4.69, 9.17) is 32.7 Å². The number of amides is 1. The lowest BCUT2D eigenvalue weighted by atomic mass is 9.98. The summed E-state index contributed by atoms with van der Waals surface area (Å²) in [7, 11) is 3.00. The van der Waals surface area contributed by atoms with Crippen molar-refractivity contribution in [1.29, 1.82) is 0 Å². The van der Waals surface area contributed by atoms with Crippen LogP contribution in [0.3, 0.4) is 0 Å². The molecule has 0 saturated carbocycles. The lowest BCUT2D eigenvalue weighted by molar-refractivity contribution is -0.147. The zero-order chi connectivity index (χ0) is 25.5. The maximum atomic E-state index is 11.7. The highest BCUT2D eigenvalue weighted by atomic mass is 35.5. The summed E-state index contributed by atoms with van der Waals surface area (Å²) >= 11 is 13.1. The van der Waals surface area contributed by atoms with Crippen LogP contribution in [-0.2, 0) is 4.79 Å². The quantitative estimate of drug-likeness (QED) is 0.425. The predicted molar refractivity (Wildman–Crippen MR) is 131 cm³/mol. The first kappa shape index (κ1) is 24.6. The van der Waals surface area contributed by atoms with E-state index in [1.54, 1.807) is 24.4 Å². The average molecular weight is 521 g/mol. The van der Waals surface area contributed by atoms with E-state index in [2.05, 4.69) is 15.3 Å². The van der Waals surface area contributed by atoms with Crippen molar-refractivity contribution in [1.82, 2.24) is 14.9 Å². The van der Waals surface area contributed by atoms with Crippen LogP contribution in [0.25, 0.3) is 22.0 Å². The number of benzene rings is 2. The monoisotopic (exact) mass is 520 g/mol. The topological polar surface area (TPSA) is 134 Å². The Bertz CT molecular complexity index is 1310. The molecule has 3 aromatic rings. The second-order valence-corrected chi connectivity index (χ2v) is 9.02. The fraction of sp³-hybridized carbons (Fsp3) is 0.304. The number of ether oxygens (including phenoxy) is 2. The number of likely N-dealkylation sites (tertiary alicyclic amines) is 1. The second kappa shape index (κ2) is 9.27. The van der Waals surface area contributed by atoms with Crippen LogP contribution in [0.1, 0.15) is 13.3 Å². The zero-order valence-electron chi connectivity index (χ0n) is 19.0. The molecule has 0 spiro atoms. The van der Waals surface area contributed by atoms with Crippen molar-refractivity contribution < 1.29 is 29.3 Å². The Morgan fingerprint density at radius 1 is 1.14 bits per heavy atom. The summed E-state index contributed by atoms with van der Waals surface area (Å²) < 4.78 is 10.7. The molecule has 184 valence electrons. The SMILES string of the molecule is COc1cc(OC)c(Cl)c(-c2ccc3nc(N[C@@H]4CN(C(=O)O)[C@](C)(C(=O)O)C4)ncc3c2)c1Cl. The van der Waals surface area contributed by atoms with Crippen molar-refractivity contribution in [2.24, 2.45) is 0 Å². The minimum Gasteiger partial charge on any atom is -0.495 e. The van der Waals surface area contributed by atoms with E-state index < -0.39 is 23.6 Å². The van der Waals surface area contributed by atoms with Gasteiger partial charge in [-0.3, -0.25) is 4.90 Å². The van der Waals surface area contributed by atoms with Gasteiger partial charge in [0.15, 0.2) is 0 Å². The van der Waals surface area contributed by atoms with Gasteiger partial charge in [0.05, 0.1) is 29.8 Å². The van der Waals surface area contributed by atoms with Crippen LogP contribution < -0.4 is 14.8 Å². The highest BCUT2D eigenvalue weighted by molar-refractivity contribution is 6.41. The molecule has 0 aliphatic carbocycles. The molecular weight excluding hydrogens is 499 g/mol. The van der Waals surface area contributed by atoms with Gasteiger partial charge in [-0.25, -0.2) is 19.6 Å². The Hall–Kier alpha value is -3.50. The van der Waals surface area contributed by atoms with Crippen LogP contribution >= 0.6 is 23.2 Å². The van der Waals surface area contributed by atoms with Crippen molar-refractivity contribution in [2.45, 2.75) is 24.9 Å². The van der Waals surface area contributed by atoms with Crippen LogP contribution in [0, 0.1) is 0 Å². The Morgan fingerprint density at radius 2 is 1.80 bits per heavy atom. The number of halogens is 2. The molecule has 2 atom stereocenters. The highest BCUT2D eigenvalue weighted by Crippen LogP contribution is 2.46. The number of carboxylic acids is 1. The number of aliphatic carboxylic acids is 1. The fourth-order valence-electron chi connectivity index (χ4n) is 4.25. The molecule has 4 rings (SSSR count). The number of carboxylic acid groups (broad SMARTS) is 2. The first-order valence-corrected chi connectivity index (χ1v) is 11.2. The standard InChI is InChI=1S/C23H22Cl2N4O6/c1-23(20(30)31)8-13(10-29(23)22(32)33)27-21-26-9-12-6-11(4-5-14(12)28-21)17-18(24)15(34-2)7-16(35-3)19(17)25/h4-7,9,13H,8,10H2,1-3H3,(H,30,31)(H,32,33)(H,26,27,28)/t13-,23-/m0/s1. The summed E-state index contributed by atoms with van der Waals surface area (Å²) in [5.41, 5.74) is 0.328. The summed E-state index contributed by atoms with van der Waals surface area (Å²) in [6.07, 6.45) is 0.384. The largest absolute Gasteiger partial charge is 0.495 e. The van der Waals surface area contributed by atoms with E-state index in [1.807, 2.05) is 6.07 Å². The van der Waals surface area contributed by atoms with E-state index in [0.717, 1.165) is 4.90 Å². The molecule has 1 aliphatic heterocycles. The molecule has 2 aromatic carbocycles. The van der Waals surface area contributed by atoms with E-state index in [0.29, 0.717) is 43.6 Å². The third-order valence-electron chi connectivity index (χ3n) is 6.11. The van der Waals surface area contributed by atoms with Gasteiger partial charge in [0.25, 0.3) is 0 Å². The minimum absolute atomic E-state index is 0.00681. The van der Waals surface area contributed by atoms with Crippen LogP contribution in [0.4, 0.5) is 10.7 Å². The maximum absolute atomic E-state index is 11.7. The van der Waals surface area contributed by atoms with Crippen molar-refractivity contribution in [3.63, 3.8) is 0 Å². The van der Waals surface area contributed by atoms with Crippen LogP contribution in [0.2, 0.25) is 10.0 Å². The number of anilines is 1. The molecule has 0 unspecified atom stereocenters. The second-order valence-electron chi connectivity index (χ2n) is 8.27. The summed E-state index contributed by atoms with van der Waals surface area (Å²) in [6, 6.07) is 6.55. The third kappa shape index (κ3) is 4.35. The molecule has 1 aliphatic rings. The fourth-order valence-corrected chi connectivity index (χ4v) is 4.96. The van der Waals surface area contributed by atoms with Gasteiger partial charge in [-0.05, 0) is 24.6 Å². The molecule has 1 saturated heterocycles. The lowest BCUT2D eigenvalue weighted by Gasteiger charge is -2.27. The molecule has 10 nitrogen and oxygen atoms in total. The number of aromatic nitrogens is 2. The van der Waals surface area contributed by atoms with Gasteiger partial charge in [-0.2, -0.15) is 0 Å². The number of nitrogens with zero attached hydrogens (tertiary/aromatic N) is 3. The van der Waals surface area contributed by atoms with Crippen LogP contribution in [-0.4, -0.2) is 69.5 Å². The maximum Gasteiger partial charge on any atom is 0.408 e. The Balaban J connectivity index is 1.64. The molecule has 2 heterocycles. The smallest absolute Gasteiger partial charge is 0.408 e. The summed E-state index contributed by atoms with van der Waals surface area (Å²) in [4.78, 5) is 33.0. The molecular formula is C23H22Cl2N4O6. The lowest BCUT2D eigenvalue weighted by Crippen LogP contribution is -2.50. The Morgan fingerprint density at radius 3 is 2.34 bits per heavy atom. The highest BCUT2D eigenvalue weighted by Gasteiger charge is 2.50. The number of carbonyl (C=O) groups is 2. The normalized spacial score (nSPS) is 19.6. The van der Waals surface area contributed by atoms with E-state index in [1.165, 1.54) is 21.1 Å². The first-order chi connectivity index (χ1) is 16.6. The van der Waals surface area contributed by atoms with Gasteiger partial charge >= 0.3 is 12.1 Å². The third-order valence-corrected chi connectivity index (χ3v) is 6.86. The van der Waals surface area contributed by atoms with Gasteiger partial charge < -0.3 is 25.0 Å². The number of hydrogen-bond acceptors (Lipinski definition) is 7. The van der Waals surface area contributed by atoms with Crippen molar-refractivity contribution in [2.75, 3.05) is 26.1 Å². The van der Waals surface area contributed by atoms with Crippen molar-refractivity contribution in [3.05, 3.63) is 40.5 Å². The summed E-state index contributed by atoms with van der Waals surface area (Å²) in [5, 5.41) is 23.4. The number of hydrogen-bond donors (Lipinski definition) is 3. The number of fused-ring (bicyclic) bond motifs is 1. The zero-order valence-corrected chi connectivity index (χ0v) is 20.5. The molecule has 0 radical (unpaired) electrons. The van der Waals surface area contributed by atoms with Crippen molar-refractivity contribution >= 4 is 52.1 Å². The number of nitrogens with one attached hydrogen (secondary N) is 1. The van der Waals surface area contributed by atoms with Gasteiger partial charge in [0.1, 0.15) is 17.0 Å². The molecule has 1 aromatic heterocycles. The summed E-state index contributed by atoms with van der Waals surface area (Å²) in [5.74, 6) is -0.115. The molecule has 1 amide bonds. The van der Waals surface area contributed by atoms with E-state index >= 15 is 0 Å². The molecule has 3 N–H and O–H groups in total.